The summed E-state index contributed by atoms with van der Waals surface area (Å²) in [5.41, 5.74) is 1.54. The lowest BCUT2D eigenvalue weighted by atomic mass is 9.91. The SMILES string of the molecule is O=C(c1ccc(C2(O)COC2)cc1)N1CCC(=Cc2ccc(C(F)(F)F)cc2)CC1. The van der Waals surface area contributed by atoms with Gasteiger partial charge in [0.15, 0.2) is 0 Å². The Labute approximate surface area is 172 Å². The molecule has 2 saturated heterocycles. The second-order valence-corrected chi connectivity index (χ2v) is 7.82. The first-order valence-electron chi connectivity index (χ1n) is 9.81. The second-order valence-electron chi connectivity index (χ2n) is 7.82. The van der Waals surface area contributed by atoms with Crippen molar-refractivity contribution in [1.29, 1.82) is 0 Å². The molecule has 30 heavy (non-hydrogen) atoms. The predicted octanol–water partition coefficient (Wildman–Crippen LogP) is 4.24. The fourth-order valence-electron chi connectivity index (χ4n) is 3.71. The van der Waals surface area contributed by atoms with E-state index in [0.717, 1.165) is 28.8 Å². The zero-order chi connectivity index (χ0) is 21.4. The summed E-state index contributed by atoms with van der Waals surface area (Å²) in [7, 11) is 0. The molecule has 0 aromatic heterocycles. The van der Waals surface area contributed by atoms with Crippen LogP contribution in [-0.4, -0.2) is 42.2 Å². The van der Waals surface area contributed by atoms with Crippen LogP contribution < -0.4 is 0 Å². The van der Waals surface area contributed by atoms with Crippen LogP contribution in [0.1, 0.15) is 39.9 Å². The number of nitrogens with zero attached hydrogens (tertiary/aromatic N) is 1. The summed E-state index contributed by atoms with van der Waals surface area (Å²) in [4.78, 5) is 14.5. The molecule has 2 aliphatic heterocycles. The first kappa shape index (κ1) is 20.6. The van der Waals surface area contributed by atoms with Gasteiger partial charge >= 0.3 is 6.18 Å². The van der Waals surface area contributed by atoms with E-state index in [1.165, 1.54) is 12.1 Å². The third kappa shape index (κ3) is 4.27. The van der Waals surface area contributed by atoms with E-state index in [1.54, 1.807) is 29.2 Å². The Morgan fingerprint density at radius 1 is 1.00 bits per heavy atom. The van der Waals surface area contributed by atoms with Gasteiger partial charge in [-0.2, -0.15) is 13.2 Å². The number of alkyl halides is 3. The molecule has 0 bridgehead atoms. The normalized spacial score (nSPS) is 18.7. The van der Waals surface area contributed by atoms with Crippen molar-refractivity contribution < 1.29 is 27.8 Å². The van der Waals surface area contributed by atoms with E-state index in [2.05, 4.69) is 0 Å². The minimum atomic E-state index is -4.33. The van der Waals surface area contributed by atoms with Crippen molar-refractivity contribution in [2.24, 2.45) is 0 Å². The first-order chi connectivity index (χ1) is 14.2. The zero-order valence-electron chi connectivity index (χ0n) is 16.3. The van der Waals surface area contributed by atoms with Crippen LogP contribution in [0.15, 0.2) is 54.1 Å². The first-order valence-corrected chi connectivity index (χ1v) is 9.81. The van der Waals surface area contributed by atoms with Gasteiger partial charge in [0.1, 0.15) is 5.60 Å². The maximum atomic E-state index is 12.8. The molecule has 2 aromatic carbocycles. The van der Waals surface area contributed by atoms with Crippen LogP contribution in [-0.2, 0) is 16.5 Å². The number of likely N-dealkylation sites (tertiary alicyclic amines) is 1. The largest absolute Gasteiger partial charge is 0.416 e. The summed E-state index contributed by atoms with van der Waals surface area (Å²) < 4.78 is 43.1. The minimum Gasteiger partial charge on any atom is -0.380 e. The standard InChI is InChI=1S/C23H22F3NO3/c24-23(25,26)20-5-1-16(2-6-20)13-17-9-11-27(12-10-17)21(28)18-3-7-19(8-4-18)22(29)14-30-15-22/h1-8,13,29H,9-12,14-15H2. The Morgan fingerprint density at radius 3 is 2.10 bits per heavy atom. The molecule has 0 unspecified atom stereocenters. The van der Waals surface area contributed by atoms with E-state index < -0.39 is 17.3 Å². The third-order valence-electron chi connectivity index (χ3n) is 5.65. The lowest BCUT2D eigenvalue weighted by molar-refractivity contribution is -0.184. The number of hydrogen-bond acceptors (Lipinski definition) is 3. The lowest BCUT2D eigenvalue weighted by Gasteiger charge is -2.36. The van der Waals surface area contributed by atoms with Crippen molar-refractivity contribution in [1.82, 2.24) is 4.90 Å². The number of carbonyl (C=O) groups is 1. The van der Waals surface area contributed by atoms with Gasteiger partial charge in [-0.05, 0) is 48.2 Å². The average molecular weight is 417 g/mol. The second kappa shape index (κ2) is 7.89. The summed E-state index contributed by atoms with van der Waals surface area (Å²) in [6, 6.07) is 12.1. The number of amides is 1. The van der Waals surface area contributed by atoms with Crippen molar-refractivity contribution >= 4 is 12.0 Å². The number of hydrogen-bond donors (Lipinski definition) is 1. The molecule has 2 aromatic rings. The molecule has 2 aliphatic rings. The minimum absolute atomic E-state index is 0.0630. The van der Waals surface area contributed by atoms with Gasteiger partial charge in [0.05, 0.1) is 18.8 Å². The Morgan fingerprint density at radius 2 is 1.60 bits per heavy atom. The van der Waals surface area contributed by atoms with Crippen molar-refractivity contribution in [3.8, 4) is 0 Å². The fraction of sp³-hybridized carbons (Fsp3) is 0.348. The average Bonchev–Trinajstić information content (AvgIpc) is 2.72. The van der Waals surface area contributed by atoms with Gasteiger partial charge in [-0.3, -0.25) is 4.79 Å². The van der Waals surface area contributed by atoms with Crippen LogP contribution in [0, 0.1) is 0 Å². The summed E-state index contributed by atoms with van der Waals surface area (Å²) in [6.45, 7) is 1.65. The Bertz CT molecular complexity index is 935. The molecule has 0 saturated carbocycles. The highest BCUT2D eigenvalue weighted by atomic mass is 19.4. The van der Waals surface area contributed by atoms with Gasteiger partial charge in [0.25, 0.3) is 5.91 Å². The lowest BCUT2D eigenvalue weighted by Crippen LogP contribution is -2.46. The molecule has 0 spiro atoms. The Kier molecular flexibility index (Phi) is 5.42. The summed E-state index contributed by atoms with van der Waals surface area (Å²) in [5.74, 6) is -0.0630. The molecule has 7 heteroatoms. The molecule has 4 rings (SSSR count). The topological polar surface area (TPSA) is 49.8 Å². The molecule has 2 heterocycles. The van der Waals surface area contributed by atoms with E-state index in [1.807, 2.05) is 6.08 Å². The van der Waals surface area contributed by atoms with Gasteiger partial charge in [0.2, 0.25) is 0 Å². The van der Waals surface area contributed by atoms with Crippen molar-refractivity contribution in [2.75, 3.05) is 26.3 Å². The molecule has 158 valence electrons. The number of ether oxygens (including phenoxy) is 1. The Hall–Kier alpha value is -2.64. The van der Waals surface area contributed by atoms with Gasteiger partial charge in [0, 0.05) is 18.7 Å². The third-order valence-corrected chi connectivity index (χ3v) is 5.65. The molecule has 2 fully saturated rings. The van der Waals surface area contributed by atoms with E-state index in [-0.39, 0.29) is 19.1 Å². The summed E-state index contributed by atoms with van der Waals surface area (Å²) >= 11 is 0. The highest BCUT2D eigenvalue weighted by Gasteiger charge is 2.38. The monoisotopic (exact) mass is 417 g/mol. The predicted molar refractivity (Wildman–Crippen MR) is 106 cm³/mol. The van der Waals surface area contributed by atoms with Crippen LogP contribution in [0.2, 0.25) is 0 Å². The molecular formula is C23H22F3NO3. The Balaban J connectivity index is 1.36. The molecular weight excluding hydrogens is 395 g/mol. The molecule has 1 N–H and O–H groups in total. The maximum Gasteiger partial charge on any atom is 0.416 e. The van der Waals surface area contributed by atoms with Crippen LogP contribution in [0.5, 0.6) is 0 Å². The number of benzene rings is 2. The molecule has 4 nitrogen and oxygen atoms in total. The van der Waals surface area contributed by atoms with Gasteiger partial charge in [-0.15, -0.1) is 0 Å². The van der Waals surface area contributed by atoms with E-state index in [0.29, 0.717) is 31.5 Å². The number of aliphatic hydroxyl groups is 1. The molecule has 0 radical (unpaired) electrons. The number of halogens is 3. The number of piperidine rings is 1. The van der Waals surface area contributed by atoms with Crippen LogP contribution >= 0.6 is 0 Å². The smallest absolute Gasteiger partial charge is 0.380 e. The van der Waals surface area contributed by atoms with E-state index in [4.69, 9.17) is 4.74 Å². The quantitative estimate of drug-likeness (QED) is 0.813. The highest BCUT2D eigenvalue weighted by molar-refractivity contribution is 5.94. The van der Waals surface area contributed by atoms with Gasteiger partial charge < -0.3 is 14.7 Å². The van der Waals surface area contributed by atoms with Crippen molar-refractivity contribution in [2.45, 2.75) is 24.6 Å². The van der Waals surface area contributed by atoms with Crippen LogP contribution in [0.4, 0.5) is 13.2 Å². The molecule has 0 aliphatic carbocycles. The number of rotatable bonds is 3. The van der Waals surface area contributed by atoms with E-state index >= 15 is 0 Å². The fourth-order valence-corrected chi connectivity index (χ4v) is 3.71. The molecule has 1 amide bonds. The highest BCUT2D eigenvalue weighted by Crippen LogP contribution is 2.31. The van der Waals surface area contributed by atoms with Crippen LogP contribution in [0.3, 0.4) is 0 Å². The molecule has 0 atom stereocenters. The van der Waals surface area contributed by atoms with Crippen LogP contribution in [0.25, 0.3) is 6.08 Å². The van der Waals surface area contributed by atoms with E-state index in [9.17, 15) is 23.1 Å². The zero-order valence-corrected chi connectivity index (χ0v) is 16.3. The van der Waals surface area contributed by atoms with Gasteiger partial charge in [-0.25, -0.2) is 0 Å². The number of carbonyl (C=O) groups excluding carboxylic acids is 1. The van der Waals surface area contributed by atoms with Gasteiger partial charge in [-0.1, -0.05) is 35.9 Å². The maximum absolute atomic E-state index is 12.8. The summed E-state index contributed by atoms with van der Waals surface area (Å²) in [6.07, 6.45) is -1.07. The van der Waals surface area contributed by atoms with Crippen molar-refractivity contribution in [3.05, 3.63) is 76.4 Å². The van der Waals surface area contributed by atoms with Crippen molar-refractivity contribution in [3.63, 3.8) is 0 Å². The summed E-state index contributed by atoms with van der Waals surface area (Å²) in [5, 5.41) is 10.3.